The van der Waals surface area contributed by atoms with Gasteiger partial charge in [0.2, 0.25) is 0 Å². The number of piperidine rings is 1. The molecule has 1 N–H and O–H groups in total. The summed E-state index contributed by atoms with van der Waals surface area (Å²) in [6.45, 7) is 4.93. The van der Waals surface area contributed by atoms with E-state index in [9.17, 15) is 5.11 Å². The fraction of sp³-hybridized carbons (Fsp3) is 0.538. The van der Waals surface area contributed by atoms with E-state index in [2.05, 4.69) is 46.0 Å². The molecule has 0 spiro atoms. The Hall–Kier alpha value is -0.380. The Morgan fingerprint density at radius 3 is 3.00 bits per heavy atom. The van der Waals surface area contributed by atoms with Crippen molar-refractivity contribution in [2.45, 2.75) is 32.4 Å². The Labute approximate surface area is 105 Å². The first-order valence-corrected chi connectivity index (χ1v) is 6.60. The van der Waals surface area contributed by atoms with Crippen molar-refractivity contribution >= 4 is 15.9 Å². The summed E-state index contributed by atoms with van der Waals surface area (Å²) in [6.07, 6.45) is 1.91. The smallest absolute Gasteiger partial charge is 0.0667 e. The van der Waals surface area contributed by atoms with Gasteiger partial charge in [0.25, 0.3) is 0 Å². The van der Waals surface area contributed by atoms with E-state index in [0.717, 1.165) is 32.5 Å². The number of hydrogen-bond donors (Lipinski definition) is 1. The van der Waals surface area contributed by atoms with Crippen LogP contribution in [-0.2, 0) is 6.54 Å². The van der Waals surface area contributed by atoms with E-state index in [4.69, 9.17) is 0 Å². The topological polar surface area (TPSA) is 23.5 Å². The number of aliphatic hydroxyl groups is 1. The fourth-order valence-electron chi connectivity index (χ4n) is 2.20. The second kappa shape index (κ2) is 5.30. The minimum absolute atomic E-state index is 0.141. The highest BCUT2D eigenvalue weighted by atomic mass is 79.9. The van der Waals surface area contributed by atoms with Crippen molar-refractivity contribution in [3.05, 3.63) is 33.8 Å². The molecule has 0 amide bonds. The predicted molar refractivity (Wildman–Crippen MR) is 69.4 cm³/mol. The lowest BCUT2D eigenvalue weighted by Gasteiger charge is -2.30. The fourth-order valence-corrected chi connectivity index (χ4v) is 2.81. The molecule has 1 unspecified atom stereocenters. The number of aryl methyl sites for hydroxylation is 1. The molecule has 1 atom stereocenters. The molecule has 3 heteroatoms. The maximum absolute atomic E-state index is 9.62. The molecule has 0 aliphatic carbocycles. The van der Waals surface area contributed by atoms with E-state index in [1.807, 2.05) is 0 Å². The van der Waals surface area contributed by atoms with Crippen LogP contribution in [0.4, 0.5) is 0 Å². The average Bonchev–Trinajstić information content (AvgIpc) is 2.22. The van der Waals surface area contributed by atoms with E-state index >= 15 is 0 Å². The molecular weight excluding hydrogens is 266 g/mol. The Morgan fingerprint density at radius 1 is 1.50 bits per heavy atom. The van der Waals surface area contributed by atoms with Gasteiger partial charge in [-0.05, 0) is 43.5 Å². The van der Waals surface area contributed by atoms with Gasteiger partial charge in [0, 0.05) is 17.6 Å². The van der Waals surface area contributed by atoms with Crippen LogP contribution < -0.4 is 0 Å². The number of hydrogen-bond acceptors (Lipinski definition) is 2. The highest BCUT2D eigenvalue weighted by Gasteiger charge is 2.18. The van der Waals surface area contributed by atoms with E-state index in [1.54, 1.807) is 0 Å². The lowest BCUT2D eigenvalue weighted by molar-refractivity contribution is 0.0667. The largest absolute Gasteiger partial charge is 0.392 e. The van der Waals surface area contributed by atoms with Crippen molar-refractivity contribution in [3.63, 3.8) is 0 Å². The van der Waals surface area contributed by atoms with Crippen molar-refractivity contribution < 1.29 is 5.11 Å². The lowest BCUT2D eigenvalue weighted by atomic mass is 10.1. The number of halogens is 1. The van der Waals surface area contributed by atoms with Crippen LogP contribution in [0.15, 0.2) is 22.7 Å². The molecule has 0 radical (unpaired) electrons. The monoisotopic (exact) mass is 283 g/mol. The molecular formula is C13H18BrNO. The van der Waals surface area contributed by atoms with Crippen molar-refractivity contribution in [1.29, 1.82) is 0 Å². The molecule has 1 aromatic rings. The Bertz CT molecular complexity index is 367. The summed E-state index contributed by atoms with van der Waals surface area (Å²) in [5, 5.41) is 9.62. The standard InChI is InChI=1S/C13H18BrNO/c1-10-4-5-11(13(14)7-10)8-15-6-2-3-12(16)9-15/h4-5,7,12,16H,2-3,6,8-9H2,1H3. The Balaban J connectivity index is 2.02. The normalized spacial score (nSPS) is 22.3. The summed E-state index contributed by atoms with van der Waals surface area (Å²) in [7, 11) is 0. The van der Waals surface area contributed by atoms with Gasteiger partial charge in [-0.25, -0.2) is 0 Å². The highest BCUT2D eigenvalue weighted by molar-refractivity contribution is 9.10. The van der Waals surface area contributed by atoms with Gasteiger partial charge in [0.1, 0.15) is 0 Å². The van der Waals surface area contributed by atoms with Gasteiger partial charge in [-0.15, -0.1) is 0 Å². The second-order valence-electron chi connectivity index (χ2n) is 4.63. The summed E-state index contributed by atoms with van der Waals surface area (Å²) in [6, 6.07) is 6.45. The number of aliphatic hydroxyl groups excluding tert-OH is 1. The molecule has 1 saturated heterocycles. The van der Waals surface area contributed by atoms with Crippen LogP contribution in [0.2, 0.25) is 0 Å². The van der Waals surface area contributed by atoms with Gasteiger partial charge in [0.15, 0.2) is 0 Å². The van der Waals surface area contributed by atoms with Gasteiger partial charge in [0.05, 0.1) is 6.10 Å². The molecule has 2 rings (SSSR count). The third-order valence-corrected chi connectivity index (χ3v) is 3.82. The summed E-state index contributed by atoms with van der Waals surface area (Å²) < 4.78 is 1.17. The number of nitrogens with zero attached hydrogens (tertiary/aromatic N) is 1. The van der Waals surface area contributed by atoms with Crippen LogP contribution in [0.3, 0.4) is 0 Å². The molecule has 2 nitrogen and oxygen atoms in total. The van der Waals surface area contributed by atoms with Gasteiger partial charge in [-0.3, -0.25) is 4.90 Å². The van der Waals surface area contributed by atoms with Gasteiger partial charge in [-0.1, -0.05) is 28.1 Å². The highest BCUT2D eigenvalue weighted by Crippen LogP contribution is 2.21. The van der Waals surface area contributed by atoms with Crippen molar-refractivity contribution in [1.82, 2.24) is 4.90 Å². The summed E-state index contributed by atoms with van der Waals surface area (Å²) >= 11 is 3.60. The number of benzene rings is 1. The van der Waals surface area contributed by atoms with Crippen LogP contribution in [0.5, 0.6) is 0 Å². The van der Waals surface area contributed by atoms with Gasteiger partial charge < -0.3 is 5.11 Å². The zero-order valence-corrected chi connectivity index (χ0v) is 11.2. The molecule has 1 heterocycles. The number of likely N-dealkylation sites (tertiary alicyclic amines) is 1. The molecule has 88 valence electrons. The van der Waals surface area contributed by atoms with Gasteiger partial charge in [-0.2, -0.15) is 0 Å². The SMILES string of the molecule is Cc1ccc(CN2CCCC(O)C2)c(Br)c1. The quantitative estimate of drug-likeness (QED) is 0.902. The van der Waals surface area contributed by atoms with Gasteiger partial charge >= 0.3 is 0 Å². The maximum Gasteiger partial charge on any atom is 0.0667 e. The van der Waals surface area contributed by atoms with Crippen LogP contribution in [-0.4, -0.2) is 29.2 Å². The minimum atomic E-state index is -0.141. The first-order chi connectivity index (χ1) is 7.65. The molecule has 0 aromatic heterocycles. The molecule has 1 fully saturated rings. The third kappa shape index (κ3) is 3.06. The Kier molecular flexibility index (Phi) is 4.00. The van der Waals surface area contributed by atoms with Crippen LogP contribution in [0, 0.1) is 6.92 Å². The first-order valence-electron chi connectivity index (χ1n) is 5.80. The molecule has 1 aliphatic rings. The zero-order chi connectivity index (χ0) is 11.5. The molecule has 0 saturated carbocycles. The maximum atomic E-state index is 9.62. The van der Waals surface area contributed by atoms with E-state index in [0.29, 0.717) is 0 Å². The Morgan fingerprint density at radius 2 is 2.31 bits per heavy atom. The predicted octanol–water partition coefficient (Wildman–Crippen LogP) is 2.71. The van der Waals surface area contributed by atoms with Crippen molar-refractivity contribution in [3.8, 4) is 0 Å². The molecule has 0 bridgehead atoms. The summed E-state index contributed by atoms with van der Waals surface area (Å²) in [5.74, 6) is 0. The molecule has 1 aromatic carbocycles. The first kappa shape index (κ1) is 12.1. The summed E-state index contributed by atoms with van der Waals surface area (Å²) in [5.41, 5.74) is 2.58. The third-order valence-electron chi connectivity index (χ3n) is 3.08. The van der Waals surface area contributed by atoms with E-state index in [-0.39, 0.29) is 6.10 Å². The zero-order valence-electron chi connectivity index (χ0n) is 9.62. The molecule has 16 heavy (non-hydrogen) atoms. The van der Waals surface area contributed by atoms with E-state index < -0.39 is 0 Å². The number of rotatable bonds is 2. The van der Waals surface area contributed by atoms with Crippen molar-refractivity contribution in [2.75, 3.05) is 13.1 Å². The van der Waals surface area contributed by atoms with Crippen LogP contribution in [0.1, 0.15) is 24.0 Å². The van der Waals surface area contributed by atoms with Crippen LogP contribution in [0.25, 0.3) is 0 Å². The average molecular weight is 284 g/mol. The lowest BCUT2D eigenvalue weighted by Crippen LogP contribution is -2.37. The van der Waals surface area contributed by atoms with Crippen LogP contribution >= 0.6 is 15.9 Å². The summed E-state index contributed by atoms with van der Waals surface area (Å²) in [4.78, 5) is 2.32. The second-order valence-corrected chi connectivity index (χ2v) is 5.48. The van der Waals surface area contributed by atoms with E-state index in [1.165, 1.54) is 15.6 Å². The molecule has 1 aliphatic heterocycles. The van der Waals surface area contributed by atoms with Crippen molar-refractivity contribution in [2.24, 2.45) is 0 Å². The minimum Gasteiger partial charge on any atom is -0.392 e. The number of β-amino-alcohol motifs (C(OH)–C–C–N with tert-alkyl or cyclic N) is 1.